The largest absolute Gasteiger partial charge is 0.342 e. The van der Waals surface area contributed by atoms with Crippen LogP contribution >= 0.6 is 0 Å². The first-order valence-electron chi connectivity index (χ1n) is 6.57. The van der Waals surface area contributed by atoms with Crippen LogP contribution in [-0.2, 0) is 14.6 Å². The third-order valence-electron chi connectivity index (χ3n) is 2.44. The van der Waals surface area contributed by atoms with Crippen molar-refractivity contribution in [1.82, 2.24) is 0 Å². The third-order valence-corrected chi connectivity index (χ3v) is 2.44. The van der Waals surface area contributed by atoms with E-state index in [-0.39, 0.29) is 5.97 Å². The van der Waals surface area contributed by atoms with Crippen LogP contribution in [0.4, 0.5) is 0 Å². The number of carbonyl (C=O) groups is 1. The van der Waals surface area contributed by atoms with E-state index in [0.29, 0.717) is 13.0 Å². The van der Waals surface area contributed by atoms with Crippen molar-refractivity contribution in [2.75, 3.05) is 6.61 Å². The molecule has 0 spiro atoms. The maximum Gasteiger partial charge on any atom is 0.342 e. The lowest BCUT2D eigenvalue weighted by atomic mass is 10.1. The van der Waals surface area contributed by atoms with Gasteiger partial charge in [0.05, 0.1) is 6.61 Å². The Bertz CT molecular complexity index is 218. The van der Waals surface area contributed by atoms with Gasteiger partial charge >= 0.3 is 5.97 Å². The van der Waals surface area contributed by atoms with E-state index in [1.807, 2.05) is 0 Å². The van der Waals surface area contributed by atoms with E-state index >= 15 is 0 Å². The van der Waals surface area contributed by atoms with Gasteiger partial charge < -0.3 is 0 Å². The second kappa shape index (κ2) is 13.1. The molecule has 0 atom stereocenters. The average molecular weight is 240 g/mol. The van der Waals surface area contributed by atoms with Crippen LogP contribution in [-0.4, -0.2) is 12.6 Å². The van der Waals surface area contributed by atoms with Crippen molar-refractivity contribution in [2.24, 2.45) is 0 Å². The quantitative estimate of drug-likeness (QED) is 0.239. The second-order valence-electron chi connectivity index (χ2n) is 4.10. The van der Waals surface area contributed by atoms with Crippen molar-refractivity contribution in [3.05, 3.63) is 0 Å². The van der Waals surface area contributed by atoms with E-state index in [1.54, 1.807) is 0 Å². The van der Waals surface area contributed by atoms with Gasteiger partial charge in [-0.2, -0.15) is 4.89 Å². The Labute approximate surface area is 105 Å². The van der Waals surface area contributed by atoms with Crippen LogP contribution in [0.1, 0.15) is 64.7 Å². The summed E-state index contributed by atoms with van der Waals surface area (Å²) in [5, 5.41) is 0. The zero-order valence-corrected chi connectivity index (χ0v) is 10.9. The molecule has 0 saturated heterocycles. The van der Waals surface area contributed by atoms with Crippen LogP contribution in [0.25, 0.3) is 0 Å². The van der Waals surface area contributed by atoms with E-state index < -0.39 is 0 Å². The highest BCUT2D eigenvalue weighted by atomic mass is 17.2. The first kappa shape index (κ1) is 16.0. The molecule has 0 aromatic carbocycles. The highest BCUT2D eigenvalue weighted by Gasteiger charge is 2.02. The minimum atomic E-state index is -0.259. The smallest absolute Gasteiger partial charge is 0.298 e. The molecule has 0 aromatic rings. The Morgan fingerprint density at radius 3 is 2.59 bits per heavy atom. The number of carbonyl (C=O) groups excluding carboxylic acids is 1. The van der Waals surface area contributed by atoms with Gasteiger partial charge in [-0.25, -0.2) is 4.79 Å². The standard InChI is InChI=1S/C14H24O3/c1-3-5-7-8-9-11-13-16-17-14(15)12-10-6-4-2/h1H,4-13H2,2H3. The zero-order valence-electron chi connectivity index (χ0n) is 10.9. The van der Waals surface area contributed by atoms with Gasteiger partial charge in [-0.15, -0.1) is 12.3 Å². The molecule has 0 rings (SSSR count). The highest BCUT2D eigenvalue weighted by Crippen LogP contribution is 2.04. The summed E-state index contributed by atoms with van der Waals surface area (Å²) in [4.78, 5) is 20.6. The van der Waals surface area contributed by atoms with Gasteiger partial charge in [0.15, 0.2) is 0 Å². The molecule has 0 N–H and O–H groups in total. The fourth-order valence-electron chi connectivity index (χ4n) is 1.41. The Balaban J connectivity index is 3.11. The molecule has 0 saturated carbocycles. The van der Waals surface area contributed by atoms with E-state index in [0.717, 1.165) is 51.4 Å². The summed E-state index contributed by atoms with van der Waals surface area (Å²) in [6.45, 7) is 2.58. The Hall–Kier alpha value is -1.01. The van der Waals surface area contributed by atoms with E-state index in [2.05, 4.69) is 17.7 Å². The van der Waals surface area contributed by atoms with E-state index in [1.165, 1.54) is 0 Å². The topological polar surface area (TPSA) is 35.5 Å². The van der Waals surface area contributed by atoms with E-state index in [9.17, 15) is 4.79 Å². The molecular formula is C14H24O3. The number of unbranched alkanes of at least 4 members (excludes halogenated alkanes) is 6. The molecule has 0 amide bonds. The molecule has 0 aliphatic heterocycles. The second-order valence-corrected chi connectivity index (χ2v) is 4.10. The van der Waals surface area contributed by atoms with Gasteiger partial charge in [0.25, 0.3) is 0 Å². The Kier molecular flexibility index (Phi) is 12.3. The molecule has 3 nitrogen and oxygen atoms in total. The van der Waals surface area contributed by atoms with Crippen molar-refractivity contribution in [3.63, 3.8) is 0 Å². The highest BCUT2D eigenvalue weighted by molar-refractivity contribution is 5.68. The molecule has 0 aromatic heterocycles. The van der Waals surface area contributed by atoms with Gasteiger partial charge in [0, 0.05) is 12.8 Å². The fraction of sp³-hybridized carbons (Fsp3) is 0.786. The molecule has 0 radical (unpaired) electrons. The lowest BCUT2D eigenvalue weighted by molar-refractivity contribution is -0.272. The third kappa shape index (κ3) is 12.9. The number of rotatable bonds is 11. The van der Waals surface area contributed by atoms with Gasteiger partial charge in [-0.3, -0.25) is 4.89 Å². The molecule has 0 aliphatic rings. The average Bonchev–Trinajstić information content (AvgIpc) is 2.33. The molecule has 0 bridgehead atoms. The zero-order chi connectivity index (χ0) is 12.8. The molecule has 0 unspecified atom stereocenters. The van der Waals surface area contributed by atoms with Gasteiger partial charge in [-0.1, -0.05) is 32.6 Å². The summed E-state index contributed by atoms with van der Waals surface area (Å²) in [6, 6.07) is 0. The SMILES string of the molecule is C#CCCCCCCOOC(=O)CCCCC. The lowest BCUT2D eigenvalue weighted by Gasteiger charge is -2.03. The monoisotopic (exact) mass is 240 g/mol. The van der Waals surface area contributed by atoms with Crippen molar-refractivity contribution >= 4 is 5.97 Å². The summed E-state index contributed by atoms with van der Waals surface area (Å²) in [5.74, 6) is 2.35. The molecule has 3 heteroatoms. The number of terminal acetylenes is 1. The van der Waals surface area contributed by atoms with E-state index in [4.69, 9.17) is 11.3 Å². The lowest BCUT2D eigenvalue weighted by Crippen LogP contribution is -2.06. The van der Waals surface area contributed by atoms with Crippen molar-refractivity contribution in [1.29, 1.82) is 0 Å². The van der Waals surface area contributed by atoms with Crippen LogP contribution in [0, 0.1) is 12.3 Å². The molecule has 0 heterocycles. The van der Waals surface area contributed by atoms with Crippen LogP contribution in [0.3, 0.4) is 0 Å². The van der Waals surface area contributed by atoms with Gasteiger partial charge in [-0.05, 0) is 19.3 Å². The maximum atomic E-state index is 11.1. The Morgan fingerprint density at radius 1 is 1.12 bits per heavy atom. The van der Waals surface area contributed by atoms with Crippen molar-refractivity contribution in [2.45, 2.75) is 64.7 Å². The van der Waals surface area contributed by atoms with Crippen LogP contribution in [0.2, 0.25) is 0 Å². The summed E-state index contributed by atoms with van der Waals surface area (Å²) in [6.07, 6.45) is 13.6. The first-order chi connectivity index (χ1) is 8.31. The minimum Gasteiger partial charge on any atom is -0.298 e. The van der Waals surface area contributed by atoms with Crippen LogP contribution in [0.15, 0.2) is 0 Å². The summed E-state index contributed by atoms with van der Waals surface area (Å²) in [5.41, 5.74) is 0. The minimum absolute atomic E-state index is 0.259. The summed E-state index contributed by atoms with van der Waals surface area (Å²) in [7, 11) is 0. The van der Waals surface area contributed by atoms with Crippen LogP contribution < -0.4 is 0 Å². The summed E-state index contributed by atoms with van der Waals surface area (Å²) >= 11 is 0. The van der Waals surface area contributed by atoms with Crippen molar-refractivity contribution in [3.8, 4) is 12.3 Å². The Morgan fingerprint density at radius 2 is 1.88 bits per heavy atom. The molecule has 17 heavy (non-hydrogen) atoms. The van der Waals surface area contributed by atoms with Crippen LogP contribution in [0.5, 0.6) is 0 Å². The normalized spacial score (nSPS) is 9.88. The molecule has 98 valence electrons. The number of hydrogen-bond acceptors (Lipinski definition) is 3. The fourth-order valence-corrected chi connectivity index (χ4v) is 1.41. The van der Waals surface area contributed by atoms with Crippen molar-refractivity contribution < 1.29 is 14.6 Å². The predicted octanol–water partition coefficient (Wildman–Crippen LogP) is 3.63. The molecule has 0 fully saturated rings. The van der Waals surface area contributed by atoms with Gasteiger partial charge in [0.1, 0.15) is 0 Å². The first-order valence-corrected chi connectivity index (χ1v) is 6.57. The number of hydrogen-bond donors (Lipinski definition) is 0. The predicted molar refractivity (Wildman–Crippen MR) is 68.1 cm³/mol. The molecular weight excluding hydrogens is 216 g/mol. The van der Waals surface area contributed by atoms with Gasteiger partial charge in [0.2, 0.25) is 0 Å². The molecule has 0 aliphatic carbocycles. The maximum absolute atomic E-state index is 11.1. The summed E-state index contributed by atoms with van der Waals surface area (Å²) < 4.78 is 0.